The summed E-state index contributed by atoms with van der Waals surface area (Å²) in [5.41, 5.74) is 0.117. The lowest BCUT2D eigenvalue weighted by molar-refractivity contribution is -0.136. The minimum atomic E-state index is -3.99. The summed E-state index contributed by atoms with van der Waals surface area (Å²) in [5, 5.41) is 0. The van der Waals surface area contributed by atoms with Crippen LogP contribution in [-0.4, -0.2) is 6.18 Å². The van der Waals surface area contributed by atoms with Gasteiger partial charge in [0.05, 0.1) is 0 Å². The molecule has 0 nitrogen and oxygen atoms in total. The van der Waals surface area contributed by atoms with Crippen LogP contribution in [0.5, 0.6) is 0 Å². The van der Waals surface area contributed by atoms with Crippen LogP contribution in [0.2, 0.25) is 0 Å². The molecule has 0 bridgehead atoms. The Kier molecular flexibility index (Phi) is 4.27. The van der Waals surface area contributed by atoms with Crippen LogP contribution < -0.4 is 0 Å². The van der Waals surface area contributed by atoms with E-state index in [4.69, 9.17) is 0 Å². The second-order valence-corrected chi connectivity index (χ2v) is 4.77. The van der Waals surface area contributed by atoms with Gasteiger partial charge in [0.2, 0.25) is 0 Å². The molecule has 3 heteroatoms. The van der Waals surface area contributed by atoms with E-state index < -0.39 is 12.6 Å². The average Bonchev–Trinajstić information content (AvgIpc) is 1.82. The van der Waals surface area contributed by atoms with Crippen LogP contribution in [0.3, 0.4) is 0 Å². The van der Waals surface area contributed by atoms with Crippen molar-refractivity contribution in [3.05, 3.63) is 0 Å². The van der Waals surface area contributed by atoms with E-state index >= 15 is 0 Å². The minimum Gasteiger partial charge on any atom is -0.171 e. The molecule has 1 unspecified atom stereocenters. The number of rotatable bonds is 3. The zero-order valence-corrected chi connectivity index (χ0v) is 8.83. The van der Waals surface area contributed by atoms with Crippen molar-refractivity contribution < 1.29 is 13.2 Å². The molecule has 0 spiro atoms. The fraction of sp³-hybridized carbons (Fsp3) is 1.00. The first-order chi connectivity index (χ1) is 5.63. The average molecular weight is 196 g/mol. The Bertz CT molecular complexity index is 141. The van der Waals surface area contributed by atoms with Crippen LogP contribution in [0.4, 0.5) is 13.2 Å². The van der Waals surface area contributed by atoms with Crippen molar-refractivity contribution in [1.82, 2.24) is 0 Å². The lowest BCUT2D eigenvalue weighted by Crippen LogP contribution is -2.18. The maximum atomic E-state index is 11.8. The van der Waals surface area contributed by atoms with E-state index in [9.17, 15) is 13.2 Å². The molecule has 13 heavy (non-hydrogen) atoms. The zero-order chi connectivity index (χ0) is 10.7. The van der Waals surface area contributed by atoms with Crippen LogP contribution in [0.25, 0.3) is 0 Å². The van der Waals surface area contributed by atoms with Gasteiger partial charge in [-0.15, -0.1) is 0 Å². The van der Waals surface area contributed by atoms with Gasteiger partial charge < -0.3 is 0 Å². The summed E-state index contributed by atoms with van der Waals surface area (Å²) in [4.78, 5) is 0. The molecule has 0 saturated carbocycles. The highest BCUT2D eigenvalue weighted by atomic mass is 19.4. The minimum absolute atomic E-state index is 0.117. The normalized spacial score (nSPS) is 15.9. The molecule has 0 aromatic carbocycles. The Balaban J connectivity index is 3.67. The Hall–Kier alpha value is -0.210. The molecule has 0 amide bonds. The summed E-state index contributed by atoms with van der Waals surface area (Å²) in [7, 11) is 0. The molecule has 0 N–H and O–H groups in total. The molecule has 0 radical (unpaired) electrons. The molecule has 1 atom stereocenters. The summed E-state index contributed by atoms with van der Waals surface area (Å²) < 4.78 is 35.4. The van der Waals surface area contributed by atoms with Gasteiger partial charge in [0, 0.05) is 6.42 Å². The Morgan fingerprint density at radius 2 is 1.54 bits per heavy atom. The van der Waals surface area contributed by atoms with Gasteiger partial charge in [0.25, 0.3) is 0 Å². The van der Waals surface area contributed by atoms with Crippen LogP contribution in [0.15, 0.2) is 0 Å². The smallest absolute Gasteiger partial charge is 0.171 e. The Morgan fingerprint density at radius 1 is 1.08 bits per heavy atom. The van der Waals surface area contributed by atoms with Crippen molar-refractivity contribution in [3.8, 4) is 0 Å². The van der Waals surface area contributed by atoms with Crippen molar-refractivity contribution in [2.45, 2.75) is 53.1 Å². The van der Waals surface area contributed by atoms with Crippen molar-refractivity contribution in [1.29, 1.82) is 0 Å². The highest BCUT2D eigenvalue weighted by Gasteiger charge is 2.27. The summed E-state index contributed by atoms with van der Waals surface area (Å²) in [5.74, 6) is 0.342. The molecular formula is C10H19F3. The van der Waals surface area contributed by atoms with E-state index in [1.165, 1.54) is 0 Å². The molecule has 0 aliphatic carbocycles. The summed E-state index contributed by atoms with van der Waals surface area (Å²) in [6.45, 7) is 8.19. The van der Waals surface area contributed by atoms with Crippen molar-refractivity contribution in [2.75, 3.05) is 0 Å². The third-order valence-corrected chi connectivity index (χ3v) is 2.58. The molecule has 80 valence electrons. The van der Waals surface area contributed by atoms with Crippen LogP contribution in [-0.2, 0) is 0 Å². The zero-order valence-electron chi connectivity index (χ0n) is 8.83. The Labute approximate surface area is 78.5 Å². The standard InChI is InChI=1S/C10H19F3/c1-8(9(2,3)4)6-5-7-10(11,12)13/h8H,5-7H2,1-4H3. The second kappa shape index (κ2) is 4.34. The molecule has 0 rings (SSSR count). The van der Waals surface area contributed by atoms with E-state index in [1.54, 1.807) is 0 Å². The van der Waals surface area contributed by atoms with Gasteiger partial charge in [0.15, 0.2) is 0 Å². The predicted molar refractivity (Wildman–Crippen MR) is 48.5 cm³/mol. The topological polar surface area (TPSA) is 0 Å². The highest BCUT2D eigenvalue weighted by Crippen LogP contribution is 2.31. The van der Waals surface area contributed by atoms with E-state index in [0.717, 1.165) is 0 Å². The summed E-state index contributed by atoms with van der Waals surface area (Å²) in [6, 6.07) is 0. The van der Waals surface area contributed by atoms with Gasteiger partial charge in [-0.25, -0.2) is 0 Å². The van der Waals surface area contributed by atoms with E-state index in [2.05, 4.69) is 20.8 Å². The third-order valence-electron chi connectivity index (χ3n) is 2.58. The molecule has 0 aliphatic heterocycles. The van der Waals surface area contributed by atoms with Crippen molar-refractivity contribution in [3.63, 3.8) is 0 Å². The maximum Gasteiger partial charge on any atom is 0.389 e. The lowest BCUT2D eigenvalue weighted by Gasteiger charge is -2.27. The molecule has 0 aromatic heterocycles. The fourth-order valence-electron chi connectivity index (χ4n) is 1.04. The van der Waals surface area contributed by atoms with Gasteiger partial charge in [0.1, 0.15) is 0 Å². The monoisotopic (exact) mass is 196 g/mol. The Morgan fingerprint density at radius 3 is 1.85 bits per heavy atom. The first-order valence-corrected chi connectivity index (χ1v) is 4.69. The molecular weight excluding hydrogens is 177 g/mol. The second-order valence-electron chi connectivity index (χ2n) is 4.77. The first kappa shape index (κ1) is 12.8. The van der Waals surface area contributed by atoms with Gasteiger partial charge >= 0.3 is 6.18 Å². The van der Waals surface area contributed by atoms with Crippen LogP contribution in [0.1, 0.15) is 47.0 Å². The van der Waals surface area contributed by atoms with Crippen molar-refractivity contribution >= 4 is 0 Å². The molecule has 0 aromatic rings. The SMILES string of the molecule is CC(CCCC(F)(F)F)C(C)(C)C. The number of alkyl halides is 3. The van der Waals surface area contributed by atoms with Gasteiger partial charge in [-0.3, -0.25) is 0 Å². The molecule has 0 aliphatic rings. The number of hydrogen-bond donors (Lipinski definition) is 0. The van der Waals surface area contributed by atoms with Gasteiger partial charge in [-0.05, 0) is 24.2 Å². The molecule has 0 heterocycles. The fourth-order valence-corrected chi connectivity index (χ4v) is 1.04. The largest absolute Gasteiger partial charge is 0.389 e. The number of hydrogen-bond acceptors (Lipinski definition) is 0. The molecule has 0 saturated heterocycles. The van der Waals surface area contributed by atoms with Crippen LogP contribution >= 0.6 is 0 Å². The summed E-state index contributed by atoms with van der Waals surface area (Å²) >= 11 is 0. The summed E-state index contributed by atoms with van der Waals surface area (Å²) in [6.07, 6.45) is -3.73. The maximum absolute atomic E-state index is 11.8. The van der Waals surface area contributed by atoms with E-state index in [-0.39, 0.29) is 11.8 Å². The van der Waals surface area contributed by atoms with E-state index in [0.29, 0.717) is 12.3 Å². The quantitative estimate of drug-likeness (QED) is 0.627. The van der Waals surface area contributed by atoms with Gasteiger partial charge in [-0.1, -0.05) is 27.7 Å². The van der Waals surface area contributed by atoms with E-state index in [1.807, 2.05) is 6.92 Å². The lowest BCUT2D eigenvalue weighted by atomic mass is 9.79. The molecule has 0 fully saturated rings. The third kappa shape index (κ3) is 6.91. The van der Waals surface area contributed by atoms with Crippen molar-refractivity contribution in [2.24, 2.45) is 11.3 Å². The number of halogens is 3. The highest BCUT2D eigenvalue weighted by molar-refractivity contribution is 4.70. The van der Waals surface area contributed by atoms with Crippen LogP contribution in [0, 0.1) is 11.3 Å². The van der Waals surface area contributed by atoms with Gasteiger partial charge in [-0.2, -0.15) is 13.2 Å². The first-order valence-electron chi connectivity index (χ1n) is 4.69. The predicted octanol–water partition coefficient (Wildman–Crippen LogP) is 4.40.